The molecule has 0 fully saturated rings. The van der Waals surface area contributed by atoms with Gasteiger partial charge in [0.2, 0.25) is 0 Å². The van der Waals surface area contributed by atoms with Crippen molar-refractivity contribution in [3.63, 3.8) is 0 Å². The van der Waals surface area contributed by atoms with E-state index in [-0.39, 0.29) is 12.6 Å². The first-order chi connectivity index (χ1) is 7.26. The molecule has 0 aromatic heterocycles. The molecule has 4 heteroatoms. The van der Waals surface area contributed by atoms with Crippen LogP contribution in [0.1, 0.15) is 5.56 Å². The van der Waals surface area contributed by atoms with Crippen LogP contribution in [0.3, 0.4) is 0 Å². The minimum atomic E-state index is -0.523. The fourth-order valence-corrected chi connectivity index (χ4v) is 1.29. The Morgan fingerprint density at radius 3 is 2.67 bits per heavy atom. The van der Waals surface area contributed by atoms with Crippen LogP contribution >= 0.6 is 0 Å². The molecular formula is C11H15NO3. The predicted molar refractivity (Wildman–Crippen MR) is 56.6 cm³/mol. The zero-order valence-electron chi connectivity index (χ0n) is 8.64. The molecule has 82 valence electrons. The van der Waals surface area contributed by atoms with Crippen molar-refractivity contribution >= 4 is 6.09 Å². The molecule has 4 nitrogen and oxygen atoms in total. The smallest absolute Gasteiger partial charge is 0.407 e. The van der Waals surface area contributed by atoms with E-state index in [0.29, 0.717) is 6.42 Å². The monoisotopic (exact) mass is 209 g/mol. The normalized spacial score (nSPS) is 11.9. The van der Waals surface area contributed by atoms with Crippen LogP contribution in [-0.2, 0) is 11.2 Å². The van der Waals surface area contributed by atoms with E-state index in [9.17, 15) is 4.79 Å². The second-order valence-electron chi connectivity index (χ2n) is 3.21. The molecule has 0 aliphatic heterocycles. The van der Waals surface area contributed by atoms with Gasteiger partial charge in [-0.2, -0.15) is 0 Å². The molecule has 0 unspecified atom stereocenters. The third-order valence-electron chi connectivity index (χ3n) is 2.05. The number of aliphatic hydroxyl groups is 1. The molecule has 0 radical (unpaired) electrons. The van der Waals surface area contributed by atoms with E-state index in [4.69, 9.17) is 5.11 Å². The molecule has 0 heterocycles. The van der Waals surface area contributed by atoms with Crippen molar-refractivity contribution in [3.8, 4) is 0 Å². The van der Waals surface area contributed by atoms with Gasteiger partial charge in [0.1, 0.15) is 0 Å². The summed E-state index contributed by atoms with van der Waals surface area (Å²) in [6.07, 6.45) is 0.0666. The van der Waals surface area contributed by atoms with Gasteiger partial charge in [-0.25, -0.2) is 4.79 Å². The molecule has 0 saturated carbocycles. The Bertz CT molecular complexity index is 300. The Morgan fingerprint density at radius 2 is 2.13 bits per heavy atom. The quantitative estimate of drug-likeness (QED) is 0.776. The molecule has 15 heavy (non-hydrogen) atoms. The van der Waals surface area contributed by atoms with E-state index >= 15 is 0 Å². The first-order valence-electron chi connectivity index (χ1n) is 4.75. The van der Waals surface area contributed by atoms with E-state index in [1.54, 1.807) is 0 Å². The molecule has 1 rings (SSSR count). The molecule has 0 aliphatic carbocycles. The number of aliphatic hydroxyl groups excluding tert-OH is 1. The van der Waals surface area contributed by atoms with Gasteiger partial charge in [0.25, 0.3) is 0 Å². The van der Waals surface area contributed by atoms with Crippen molar-refractivity contribution in [2.75, 3.05) is 13.7 Å². The Hall–Kier alpha value is -1.55. The van der Waals surface area contributed by atoms with E-state index < -0.39 is 6.09 Å². The Kier molecular flexibility index (Phi) is 4.63. The van der Waals surface area contributed by atoms with Gasteiger partial charge < -0.3 is 15.2 Å². The number of rotatable bonds is 4. The molecule has 1 aromatic carbocycles. The summed E-state index contributed by atoms with van der Waals surface area (Å²) in [5, 5.41) is 11.6. The van der Waals surface area contributed by atoms with E-state index in [0.717, 1.165) is 5.56 Å². The Labute approximate surface area is 88.9 Å². The average Bonchev–Trinajstić information content (AvgIpc) is 2.29. The summed E-state index contributed by atoms with van der Waals surface area (Å²) in [6.45, 7) is -0.107. The summed E-state index contributed by atoms with van der Waals surface area (Å²) in [4.78, 5) is 10.9. The number of ether oxygens (including phenoxy) is 1. The SMILES string of the molecule is COC(=O)N[C@H](CO)Cc1ccccc1. The van der Waals surface area contributed by atoms with Crippen LogP contribution in [0, 0.1) is 0 Å². The highest BCUT2D eigenvalue weighted by atomic mass is 16.5. The third-order valence-corrected chi connectivity index (χ3v) is 2.05. The number of carbonyl (C=O) groups excluding carboxylic acids is 1. The summed E-state index contributed by atoms with van der Waals surface area (Å²) in [6, 6.07) is 9.35. The summed E-state index contributed by atoms with van der Waals surface area (Å²) >= 11 is 0. The molecule has 0 bridgehead atoms. The highest BCUT2D eigenvalue weighted by molar-refractivity contribution is 5.67. The van der Waals surface area contributed by atoms with Crippen molar-refractivity contribution in [3.05, 3.63) is 35.9 Å². The number of benzene rings is 1. The van der Waals surface area contributed by atoms with Crippen LogP contribution < -0.4 is 5.32 Å². The number of alkyl carbamates (subject to hydrolysis) is 1. The van der Waals surface area contributed by atoms with Gasteiger partial charge in [0.15, 0.2) is 0 Å². The second kappa shape index (κ2) is 6.03. The molecule has 0 spiro atoms. The zero-order valence-corrected chi connectivity index (χ0v) is 8.64. The van der Waals surface area contributed by atoms with Crippen LogP contribution in [0.15, 0.2) is 30.3 Å². The largest absolute Gasteiger partial charge is 0.453 e. The van der Waals surface area contributed by atoms with Crippen LogP contribution in [0.2, 0.25) is 0 Å². The van der Waals surface area contributed by atoms with Gasteiger partial charge in [-0.15, -0.1) is 0 Å². The molecule has 1 aromatic rings. The van der Waals surface area contributed by atoms with E-state index in [2.05, 4.69) is 10.1 Å². The maximum absolute atomic E-state index is 10.9. The number of methoxy groups -OCH3 is 1. The van der Waals surface area contributed by atoms with Gasteiger partial charge in [0, 0.05) is 0 Å². The standard InChI is InChI=1S/C11H15NO3/c1-15-11(14)12-10(8-13)7-9-5-3-2-4-6-9/h2-6,10,13H,7-8H2,1H3,(H,12,14)/t10-/m0/s1. The molecule has 1 atom stereocenters. The maximum Gasteiger partial charge on any atom is 0.407 e. The van der Waals surface area contributed by atoms with Crippen LogP contribution in [0.25, 0.3) is 0 Å². The van der Waals surface area contributed by atoms with Gasteiger partial charge >= 0.3 is 6.09 Å². The molecule has 2 N–H and O–H groups in total. The average molecular weight is 209 g/mol. The predicted octanol–water partition coefficient (Wildman–Crippen LogP) is 0.946. The van der Waals surface area contributed by atoms with Gasteiger partial charge in [0.05, 0.1) is 19.8 Å². The Morgan fingerprint density at radius 1 is 1.47 bits per heavy atom. The van der Waals surface area contributed by atoms with E-state index in [1.807, 2.05) is 30.3 Å². The van der Waals surface area contributed by atoms with Crippen molar-refractivity contribution in [1.82, 2.24) is 5.32 Å². The van der Waals surface area contributed by atoms with Crippen molar-refractivity contribution in [2.24, 2.45) is 0 Å². The van der Waals surface area contributed by atoms with Gasteiger partial charge in [-0.3, -0.25) is 0 Å². The lowest BCUT2D eigenvalue weighted by molar-refractivity contribution is 0.157. The lowest BCUT2D eigenvalue weighted by Gasteiger charge is -2.15. The minimum absolute atomic E-state index is 0.107. The lowest BCUT2D eigenvalue weighted by Crippen LogP contribution is -2.38. The number of hydrogen-bond donors (Lipinski definition) is 2. The van der Waals surface area contributed by atoms with Crippen LogP contribution in [-0.4, -0.2) is 31.0 Å². The second-order valence-corrected chi connectivity index (χ2v) is 3.21. The molecule has 0 saturated heterocycles. The molecular weight excluding hydrogens is 194 g/mol. The number of hydrogen-bond acceptors (Lipinski definition) is 3. The summed E-state index contributed by atoms with van der Waals surface area (Å²) in [5.74, 6) is 0. The van der Waals surface area contributed by atoms with Crippen molar-refractivity contribution < 1.29 is 14.6 Å². The van der Waals surface area contributed by atoms with Crippen molar-refractivity contribution in [2.45, 2.75) is 12.5 Å². The van der Waals surface area contributed by atoms with Gasteiger partial charge in [-0.05, 0) is 12.0 Å². The summed E-state index contributed by atoms with van der Waals surface area (Å²) in [7, 11) is 1.30. The first-order valence-corrected chi connectivity index (χ1v) is 4.75. The topological polar surface area (TPSA) is 58.6 Å². The van der Waals surface area contributed by atoms with Crippen LogP contribution in [0.5, 0.6) is 0 Å². The van der Waals surface area contributed by atoms with Crippen molar-refractivity contribution in [1.29, 1.82) is 0 Å². The zero-order chi connectivity index (χ0) is 11.1. The Balaban J connectivity index is 2.50. The number of amides is 1. The summed E-state index contributed by atoms with van der Waals surface area (Å²) in [5.41, 5.74) is 1.06. The highest BCUT2D eigenvalue weighted by Gasteiger charge is 2.11. The van der Waals surface area contributed by atoms with Crippen LogP contribution in [0.4, 0.5) is 4.79 Å². The summed E-state index contributed by atoms with van der Waals surface area (Å²) < 4.78 is 4.46. The maximum atomic E-state index is 10.9. The third kappa shape index (κ3) is 3.99. The first kappa shape index (κ1) is 11.5. The fourth-order valence-electron chi connectivity index (χ4n) is 1.29. The molecule has 0 aliphatic rings. The number of carbonyl (C=O) groups is 1. The molecule has 1 amide bonds. The fraction of sp³-hybridized carbons (Fsp3) is 0.364. The highest BCUT2D eigenvalue weighted by Crippen LogP contribution is 2.02. The van der Waals surface area contributed by atoms with Gasteiger partial charge in [-0.1, -0.05) is 30.3 Å². The van der Waals surface area contributed by atoms with E-state index in [1.165, 1.54) is 7.11 Å². The minimum Gasteiger partial charge on any atom is -0.453 e. The number of nitrogens with one attached hydrogen (secondary N) is 1. The lowest BCUT2D eigenvalue weighted by atomic mass is 10.1.